The molecule has 0 bridgehead atoms. The zero-order valence-corrected chi connectivity index (χ0v) is 11.7. The molecular weight excluding hydrogens is 283 g/mol. The first-order valence-corrected chi connectivity index (χ1v) is 7.07. The van der Waals surface area contributed by atoms with Crippen LogP contribution in [0.4, 0.5) is 4.39 Å². The van der Waals surface area contributed by atoms with Crippen LogP contribution in [0, 0.1) is 11.7 Å². The molecule has 2 unspecified atom stereocenters. The lowest BCUT2D eigenvalue weighted by Crippen LogP contribution is -2.17. The van der Waals surface area contributed by atoms with Crippen molar-refractivity contribution in [2.75, 3.05) is 7.11 Å². The number of hydrogen-bond acceptors (Lipinski definition) is 1. The molecule has 1 fully saturated rings. The van der Waals surface area contributed by atoms with Crippen LogP contribution in [0.5, 0.6) is 5.75 Å². The summed E-state index contributed by atoms with van der Waals surface area (Å²) >= 11 is 3.69. The molecule has 0 spiro atoms. The van der Waals surface area contributed by atoms with Gasteiger partial charge in [-0.25, -0.2) is 4.39 Å². The molecule has 2 rings (SSSR count). The molecule has 2 atom stereocenters. The largest absolute Gasteiger partial charge is 0.494 e. The molecular formula is C14H18BrFO. The first-order chi connectivity index (χ1) is 8.19. The summed E-state index contributed by atoms with van der Waals surface area (Å²) in [4.78, 5) is 0.643. The van der Waals surface area contributed by atoms with Crippen LogP contribution in [0.1, 0.15) is 31.2 Å². The van der Waals surface area contributed by atoms with Gasteiger partial charge < -0.3 is 4.74 Å². The van der Waals surface area contributed by atoms with Crippen molar-refractivity contribution in [1.29, 1.82) is 0 Å². The van der Waals surface area contributed by atoms with Gasteiger partial charge in [0.1, 0.15) is 0 Å². The van der Waals surface area contributed by atoms with Gasteiger partial charge in [-0.05, 0) is 42.9 Å². The van der Waals surface area contributed by atoms with Crippen LogP contribution >= 0.6 is 15.9 Å². The number of halogens is 2. The SMILES string of the molecule is COc1ccc(CC2CCCC(Br)C2)cc1F. The fourth-order valence-corrected chi connectivity index (χ4v) is 3.43. The van der Waals surface area contributed by atoms with Crippen LogP contribution < -0.4 is 4.74 Å². The molecule has 0 radical (unpaired) electrons. The summed E-state index contributed by atoms with van der Waals surface area (Å²) in [5, 5.41) is 0. The highest BCUT2D eigenvalue weighted by Crippen LogP contribution is 2.31. The van der Waals surface area contributed by atoms with Gasteiger partial charge in [-0.2, -0.15) is 0 Å². The summed E-state index contributed by atoms with van der Waals surface area (Å²) in [6.45, 7) is 0. The predicted octanol–water partition coefficient (Wildman–Crippen LogP) is 4.33. The van der Waals surface area contributed by atoms with E-state index in [1.807, 2.05) is 6.07 Å². The summed E-state index contributed by atoms with van der Waals surface area (Å²) in [6, 6.07) is 5.30. The van der Waals surface area contributed by atoms with Gasteiger partial charge in [0.15, 0.2) is 11.6 Å². The normalized spacial score (nSPS) is 24.6. The lowest BCUT2D eigenvalue weighted by molar-refractivity contribution is 0.365. The van der Waals surface area contributed by atoms with E-state index in [1.54, 1.807) is 12.1 Å². The summed E-state index contributed by atoms with van der Waals surface area (Å²) in [7, 11) is 1.49. The number of hydrogen-bond donors (Lipinski definition) is 0. The van der Waals surface area contributed by atoms with Crippen molar-refractivity contribution in [2.24, 2.45) is 5.92 Å². The molecule has 1 aliphatic carbocycles. The van der Waals surface area contributed by atoms with Gasteiger partial charge >= 0.3 is 0 Å². The van der Waals surface area contributed by atoms with E-state index in [1.165, 1.54) is 32.8 Å². The van der Waals surface area contributed by atoms with E-state index in [9.17, 15) is 4.39 Å². The minimum Gasteiger partial charge on any atom is -0.494 e. The van der Waals surface area contributed by atoms with Crippen molar-refractivity contribution < 1.29 is 9.13 Å². The van der Waals surface area contributed by atoms with Crippen LogP contribution in [-0.4, -0.2) is 11.9 Å². The minimum absolute atomic E-state index is 0.254. The highest BCUT2D eigenvalue weighted by Gasteiger charge is 2.20. The fraction of sp³-hybridized carbons (Fsp3) is 0.571. The monoisotopic (exact) mass is 300 g/mol. The number of benzene rings is 1. The molecule has 94 valence electrons. The van der Waals surface area contributed by atoms with Gasteiger partial charge in [-0.1, -0.05) is 34.8 Å². The Morgan fingerprint density at radius 2 is 2.24 bits per heavy atom. The Hall–Kier alpha value is -0.570. The number of alkyl halides is 1. The Labute approximate surface area is 110 Å². The minimum atomic E-state index is -0.254. The highest BCUT2D eigenvalue weighted by atomic mass is 79.9. The summed E-state index contributed by atoms with van der Waals surface area (Å²) < 4.78 is 18.5. The first kappa shape index (κ1) is 12.9. The second kappa shape index (κ2) is 5.85. The van der Waals surface area contributed by atoms with Crippen LogP contribution in [-0.2, 0) is 6.42 Å². The van der Waals surface area contributed by atoms with Crippen molar-refractivity contribution in [3.05, 3.63) is 29.6 Å². The Balaban J connectivity index is 2.00. The third-order valence-electron chi connectivity index (χ3n) is 3.46. The molecule has 0 aromatic heterocycles. The maximum atomic E-state index is 13.5. The third kappa shape index (κ3) is 3.44. The standard InChI is InChI=1S/C14H18BrFO/c1-17-14-6-5-11(9-13(14)16)7-10-3-2-4-12(15)8-10/h5-6,9-10,12H,2-4,7-8H2,1H3. The van der Waals surface area contributed by atoms with Crippen LogP contribution in [0.15, 0.2) is 18.2 Å². The molecule has 0 amide bonds. The van der Waals surface area contributed by atoms with Gasteiger partial charge in [0.05, 0.1) is 7.11 Å². The number of rotatable bonds is 3. The maximum absolute atomic E-state index is 13.5. The van der Waals surface area contributed by atoms with Gasteiger partial charge in [0, 0.05) is 4.83 Å². The summed E-state index contributed by atoms with van der Waals surface area (Å²) in [5.74, 6) is 0.757. The molecule has 1 saturated carbocycles. The van der Waals surface area contributed by atoms with E-state index in [4.69, 9.17) is 4.74 Å². The van der Waals surface area contributed by atoms with E-state index in [2.05, 4.69) is 15.9 Å². The maximum Gasteiger partial charge on any atom is 0.165 e. The van der Waals surface area contributed by atoms with Crippen molar-refractivity contribution >= 4 is 15.9 Å². The molecule has 17 heavy (non-hydrogen) atoms. The average Bonchev–Trinajstić information content (AvgIpc) is 2.29. The van der Waals surface area contributed by atoms with Crippen LogP contribution in [0.25, 0.3) is 0 Å². The first-order valence-electron chi connectivity index (χ1n) is 6.15. The van der Waals surface area contributed by atoms with E-state index < -0.39 is 0 Å². The molecule has 1 aliphatic rings. The third-order valence-corrected chi connectivity index (χ3v) is 4.29. The second-order valence-corrected chi connectivity index (χ2v) is 6.10. The topological polar surface area (TPSA) is 9.23 Å². The second-order valence-electron chi connectivity index (χ2n) is 4.80. The van der Waals surface area contributed by atoms with E-state index in [0.717, 1.165) is 12.0 Å². The lowest BCUT2D eigenvalue weighted by atomic mass is 9.85. The Kier molecular flexibility index (Phi) is 4.43. The Morgan fingerprint density at radius 1 is 1.41 bits per heavy atom. The Morgan fingerprint density at radius 3 is 2.88 bits per heavy atom. The van der Waals surface area contributed by atoms with Gasteiger partial charge in [0.25, 0.3) is 0 Å². The van der Waals surface area contributed by atoms with E-state index in [-0.39, 0.29) is 5.82 Å². The van der Waals surface area contributed by atoms with Gasteiger partial charge in [0.2, 0.25) is 0 Å². The zero-order chi connectivity index (χ0) is 12.3. The molecule has 1 aromatic carbocycles. The summed E-state index contributed by atoms with van der Waals surface area (Å²) in [6.07, 6.45) is 5.99. The van der Waals surface area contributed by atoms with Crippen molar-refractivity contribution in [2.45, 2.75) is 36.9 Å². The fourth-order valence-electron chi connectivity index (χ4n) is 2.58. The van der Waals surface area contributed by atoms with Crippen molar-refractivity contribution in [3.8, 4) is 5.75 Å². The molecule has 1 nitrogen and oxygen atoms in total. The Bertz CT molecular complexity index is 380. The summed E-state index contributed by atoms with van der Waals surface area (Å²) in [5.41, 5.74) is 1.08. The van der Waals surface area contributed by atoms with Gasteiger partial charge in [-0.3, -0.25) is 0 Å². The molecule has 0 heterocycles. The predicted molar refractivity (Wildman–Crippen MR) is 71.3 cm³/mol. The quantitative estimate of drug-likeness (QED) is 0.755. The van der Waals surface area contributed by atoms with E-state index in [0.29, 0.717) is 16.5 Å². The van der Waals surface area contributed by atoms with Crippen LogP contribution in [0.3, 0.4) is 0 Å². The molecule has 0 saturated heterocycles. The number of ether oxygens (including phenoxy) is 1. The molecule has 0 N–H and O–H groups in total. The lowest BCUT2D eigenvalue weighted by Gasteiger charge is -2.25. The van der Waals surface area contributed by atoms with E-state index >= 15 is 0 Å². The van der Waals surface area contributed by atoms with Crippen molar-refractivity contribution in [1.82, 2.24) is 0 Å². The number of methoxy groups -OCH3 is 1. The average molecular weight is 301 g/mol. The highest BCUT2D eigenvalue weighted by molar-refractivity contribution is 9.09. The van der Waals surface area contributed by atoms with Gasteiger partial charge in [-0.15, -0.1) is 0 Å². The molecule has 0 aliphatic heterocycles. The smallest absolute Gasteiger partial charge is 0.165 e. The molecule has 3 heteroatoms. The zero-order valence-electron chi connectivity index (χ0n) is 10.1. The molecule has 1 aromatic rings. The van der Waals surface area contributed by atoms with Crippen LogP contribution in [0.2, 0.25) is 0 Å². The van der Waals surface area contributed by atoms with Crippen molar-refractivity contribution in [3.63, 3.8) is 0 Å².